The number of aromatic nitrogens is 2. The minimum atomic E-state index is -0.698. The Balaban J connectivity index is 2.45. The van der Waals surface area contributed by atoms with E-state index in [-0.39, 0.29) is 0 Å². The highest BCUT2D eigenvalue weighted by Crippen LogP contribution is 2.30. The molecule has 2 heterocycles. The average Bonchev–Trinajstić information content (AvgIpc) is 2.73. The summed E-state index contributed by atoms with van der Waals surface area (Å²) >= 11 is 7.54. The molecule has 0 aliphatic carbocycles. The zero-order valence-corrected chi connectivity index (χ0v) is 10.0. The summed E-state index contributed by atoms with van der Waals surface area (Å²) in [4.78, 5) is 0. The average molecular weight is 243 g/mol. The van der Waals surface area contributed by atoms with Crippen LogP contribution in [0.2, 0.25) is 5.02 Å². The van der Waals surface area contributed by atoms with Gasteiger partial charge in [-0.1, -0.05) is 11.6 Å². The van der Waals surface area contributed by atoms with Gasteiger partial charge in [-0.3, -0.25) is 4.68 Å². The molecule has 1 unspecified atom stereocenters. The molecule has 0 spiro atoms. The predicted octanol–water partition coefficient (Wildman–Crippen LogP) is 2.53. The number of nitrogens with zero attached hydrogens (tertiary/aromatic N) is 2. The van der Waals surface area contributed by atoms with E-state index in [0.29, 0.717) is 10.7 Å². The van der Waals surface area contributed by atoms with E-state index in [2.05, 4.69) is 5.10 Å². The highest BCUT2D eigenvalue weighted by Gasteiger charge is 2.20. The highest BCUT2D eigenvalue weighted by molar-refractivity contribution is 7.08. The van der Waals surface area contributed by atoms with Crippen molar-refractivity contribution in [1.29, 1.82) is 0 Å². The zero-order valence-electron chi connectivity index (χ0n) is 8.44. The van der Waals surface area contributed by atoms with Gasteiger partial charge in [-0.25, -0.2) is 0 Å². The number of aliphatic hydroxyl groups is 1. The summed E-state index contributed by atoms with van der Waals surface area (Å²) in [5.41, 5.74) is 2.61. The third-order valence-corrected chi connectivity index (χ3v) is 3.56. The maximum atomic E-state index is 10.2. The molecule has 80 valence electrons. The van der Waals surface area contributed by atoms with Crippen LogP contribution in [0.3, 0.4) is 0 Å². The van der Waals surface area contributed by atoms with Crippen LogP contribution >= 0.6 is 22.9 Å². The van der Waals surface area contributed by atoms with Crippen LogP contribution in [0.25, 0.3) is 0 Å². The summed E-state index contributed by atoms with van der Waals surface area (Å²) in [6, 6.07) is 0. The maximum Gasteiger partial charge on any atom is 0.123 e. The predicted molar refractivity (Wildman–Crippen MR) is 61.3 cm³/mol. The van der Waals surface area contributed by atoms with Gasteiger partial charge in [0.15, 0.2) is 0 Å². The van der Waals surface area contributed by atoms with Crippen molar-refractivity contribution >= 4 is 22.9 Å². The van der Waals surface area contributed by atoms with E-state index < -0.39 is 6.10 Å². The second-order valence-electron chi connectivity index (χ2n) is 3.41. The largest absolute Gasteiger partial charge is 0.382 e. The summed E-state index contributed by atoms with van der Waals surface area (Å²) in [7, 11) is 1.77. The quantitative estimate of drug-likeness (QED) is 0.879. The number of hydrogen-bond acceptors (Lipinski definition) is 3. The Labute approximate surface area is 96.9 Å². The van der Waals surface area contributed by atoms with Crippen LogP contribution in [-0.2, 0) is 7.05 Å². The van der Waals surface area contributed by atoms with Crippen LogP contribution < -0.4 is 0 Å². The lowest BCUT2D eigenvalue weighted by Gasteiger charge is -2.11. The zero-order chi connectivity index (χ0) is 11.0. The van der Waals surface area contributed by atoms with E-state index in [1.165, 1.54) is 0 Å². The van der Waals surface area contributed by atoms with Gasteiger partial charge >= 0.3 is 0 Å². The first-order valence-corrected chi connectivity index (χ1v) is 5.81. The van der Waals surface area contributed by atoms with Gasteiger partial charge in [0.2, 0.25) is 0 Å². The monoisotopic (exact) mass is 242 g/mol. The molecule has 0 aliphatic rings. The van der Waals surface area contributed by atoms with Crippen LogP contribution in [0.5, 0.6) is 0 Å². The molecular formula is C10H11ClN2OS. The molecule has 0 aromatic carbocycles. The Morgan fingerprint density at radius 2 is 2.27 bits per heavy atom. The van der Waals surface area contributed by atoms with Crippen molar-refractivity contribution in [2.24, 2.45) is 7.05 Å². The number of rotatable bonds is 2. The minimum Gasteiger partial charge on any atom is -0.382 e. The van der Waals surface area contributed by atoms with Crippen LogP contribution in [-0.4, -0.2) is 14.9 Å². The van der Waals surface area contributed by atoms with Gasteiger partial charge < -0.3 is 5.11 Å². The summed E-state index contributed by atoms with van der Waals surface area (Å²) in [6.45, 7) is 1.97. The molecule has 0 fully saturated rings. The summed E-state index contributed by atoms with van der Waals surface area (Å²) in [5, 5.41) is 18.6. The lowest BCUT2D eigenvalue weighted by atomic mass is 10.1. The molecule has 2 aromatic heterocycles. The van der Waals surface area contributed by atoms with E-state index in [1.807, 2.05) is 17.7 Å². The SMILES string of the molecule is Cc1cscc1C(O)c1c(Cl)cnn1C. The van der Waals surface area contributed by atoms with Gasteiger partial charge in [0.05, 0.1) is 16.9 Å². The van der Waals surface area contributed by atoms with E-state index >= 15 is 0 Å². The lowest BCUT2D eigenvalue weighted by molar-refractivity contribution is 0.209. The second kappa shape index (κ2) is 3.96. The van der Waals surface area contributed by atoms with Crippen LogP contribution in [0.1, 0.15) is 22.9 Å². The molecule has 2 aromatic rings. The second-order valence-corrected chi connectivity index (χ2v) is 4.56. The van der Waals surface area contributed by atoms with Gasteiger partial charge in [-0.05, 0) is 23.2 Å². The molecule has 15 heavy (non-hydrogen) atoms. The van der Waals surface area contributed by atoms with E-state index in [1.54, 1.807) is 29.3 Å². The molecule has 0 bridgehead atoms. The number of aryl methyl sites for hydroxylation is 2. The topological polar surface area (TPSA) is 38.1 Å². The van der Waals surface area contributed by atoms with Gasteiger partial charge in [-0.2, -0.15) is 16.4 Å². The first-order valence-electron chi connectivity index (χ1n) is 4.49. The first kappa shape index (κ1) is 10.7. The third-order valence-electron chi connectivity index (χ3n) is 2.39. The molecule has 1 N–H and O–H groups in total. The fourth-order valence-electron chi connectivity index (χ4n) is 1.53. The smallest absolute Gasteiger partial charge is 0.123 e. The molecule has 0 amide bonds. The molecule has 0 saturated carbocycles. The van der Waals surface area contributed by atoms with Crippen molar-refractivity contribution in [1.82, 2.24) is 9.78 Å². The van der Waals surface area contributed by atoms with Crippen molar-refractivity contribution in [3.63, 3.8) is 0 Å². The van der Waals surface area contributed by atoms with Crippen molar-refractivity contribution in [2.45, 2.75) is 13.0 Å². The number of aliphatic hydroxyl groups excluding tert-OH is 1. The Kier molecular flexibility index (Phi) is 2.82. The molecule has 0 aliphatic heterocycles. The summed E-state index contributed by atoms with van der Waals surface area (Å²) in [5.74, 6) is 0. The maximum absolute atomic E-state index is 10.2. The third kappa shape index (κ3) is 1.80. The van der Waals surface area contributed by atoms with Crippen LogP contribution in [0, 0.1) is 6.92 Å². The molecule has 3 nitrogen and oxygen atoms in total. The fraction of sp³-hybridized carbons (Fsp3) is 0.300. The Bertz CT molecular complexity index is 458. The molecular weight excluding hydrogens is 232 g/mol. The molecule has 0 saturated heterocycles. The molecule has 2 rings (SSSR count). The lowest BCUT2D eigenvalue weighted by Crippen LogP contribution is -2.07. The van der Waals surface area contributed by atoms with Crippen LogP contribution in [0.15, 0.2) is 17.0 Å². The standard InChI is InChI=1S/C10H11ClN2OS/c1-6-4-15-5-7(6)10(14)9-8(11)3-12-13(9)2/h3-5,10,14H,1-2H3. The Hall–Kier alpha value is -0.840. The number of halogens is 1. The highest BCUT2D eigenvalue weighted by atomic mass is 35.5. The number of hydrogen-bond donors (Lipinski definition) is 1. The number of thiophene rings is 1. The van der Waals surface area contributed by atoms with Crippen LogP contribution in [0.4, 0.5) is 0 Å². The van der Waals surface area contributed by atoms with Crippen molar-refractivity contribution in [3.05, 3.63) is 38.8 Å². The Morgan fingerprint density at radius 1 is 1.53 bits per heavy atom. The normalized spacial score (nSPS) is 13.1. The molecule has 0 radical (unpaired) electrons. The van der Waals surface area contributed by atoms with Crippen molar-refractivity contribution in [2.75, 3.05) is 0 Å². The summed E-state index contributed by atoms with van der Waals surface area (Å²) < 4.78 is 1.60. The molecule has 1 atom stereocenters. The summed E-state index contributed by atoms with van der Waals surface area (Å²) in [6.07, 6.45) is 0.846. The molecule has 5 heteroatoms. The Morgan fingerprint density at radius 3 is 2.73 bits per heavy atom. The van der Waals surface area contributed by atoms with E-state index in [0.717, 1.165) is 11.1 Å². The van der Waals surface area contributed by atoms with E-state index in [4.69, 9.17) is 11.6 Å². The van der Waals surface area contributed by atoms with Crippen molar-refractivity contribution in [3.8, 4) is 0 Å². The van der Waals surface area contributed by atoms with Gasteiger partial charge in [-0.15, -0.1) is 0 Å². The minimum absolute atomic E-state index is 0.496. The van der Waals surface area contributed by atoms with Crippen molar-refractivity contribution < 1.29 is 5.11 Å². The van der Waals surface area contributed by atoms with Gasteiger partial charge in [0, 0.05) is 12.6 Å². The fourth-order valence-corrected chi connectivity index (χ4v) is 2.66. The van der Waals surface area contributed by atoms with Gasteiger partial charge in [0.1, 0.15) is 6.10 Å². The van der Waals surface area contributed by atoms with E-state index in [9.17, 15) is 5.11 Å². The van der Waals surface area contributed by atoms with Gasteiger partial charge in [0.25, 0.3) is 0 Å². The first-order chi connectivity index (χ1) is 7.11.